The molecule has 1 amide bonds. The molecule has 5 heteroatoms. The van der Waals surface area contributed by atoms with Gasteiger partial charge in [0.2, 0.25) is 5.91 Å². The zero-order valence-corrected chi connectivity index (χ0v) is 16.1. The first-order valence-electron chi connectivity index (χ1n) is 9.93. The monoisotopic (exact) mass is 360 g/mol. The molecule has 2 fully saturated rings. The standard InChI is InChI=1S/C21H32N2O3/c1-16-13-23(14-17(2)26-16)15-19-7-4-3-6-18(19)12-22-21(24)10-9-20-8-5-11-25-20/h3-4,6-7,16-17,20H,5,8-15H2,1-2H3,(H,22,24). The molecule has 144 valence electrons. The van der Waals surface area contributed by atoms with Crippen LogP contribution in [0.3, 0.4) is 0 Å². The first-order chi connectivity index (χ1) is 12.6. The van der Waals surface area contributed by atoms with Crippen LogP contribution in [0.1, 0.15) is 50.7 Å². The van der Waals surface area contributed by atoms with Crippen molar-refractivity contribution in [1.29, 1.82) is 0 Å². The van der Waals surface area contributed by atoms with E-state index < -0.39 is 0 Å². The number of morpholine rings is 1. The second kappa shape index (κ2) is 9.49. The van der Waals surface area contributed by atoms with E-state index in [4.69, 9.17) is 9.47 Å². The van der Waals surface area contributed by atoms with Crippen LogP contribution in [-0.2, 0) is 27.4 Å². The predicted molar refractivity (Wildman–Crippen MR) is 102 cm³/mol. The average Bonchev–Trinajstić information content (AvgIpc) is 3.12. The van der Waals surface area contributed by atoms with Gasteiger partial charge in [0.15, 0.2) is 0 Å². The molecule has 26 heavy (non-hydrogen) atoms. The van der Waals surface area contributed by atoms with Crippen LogP contribution in [0.4, 0.5) is 0 Å². The fourth-order valence-corrected chi connectivity index (χ4v) is 3.98. The maximum absolute atomic E-state index is 12.2. The Morgan fingerprint density at radius 3 is 2.62 bits per heavy atom. The molecule has 1 aromatic rings. The van der Waals surface area contributed by atoms with Crippen LogP contribution < -0.4 is 5.32 Å². The second-order valence-electron chi connectivity index (χ2n) is 7.67. The van der Waals surface area contributed by atoms with Crippen molar-refractivity contribution in [1.82, 2.24) is 10.2 Å². The Hall–Kier alpha value is -1.43. The SMILES string of the molecule is CC1CN(Cc2ccccc2CNC(=O)CCC2CCCO2)CC(C)O1. The van der Waals surface area contributed by atoms with Gasteiger partial charge in [0, 0.05) is 39.2 Å². The van der Waals surface area contributed by atoms with Crippen LogP contribution >= 0.6 is 0 Å². The van der Waals surface area contributed by atoms with Crippen molar-refractivity contribution in [2.45, 2.75) is 70.9 Å². The van der Waals surface area contributed by atoms with Crippen molar-refractivity contribution in [2.75, 3.05) is 19.7 Å². The highest BCUT2D eigenvalue weighted by Gasteiger charge is 2.22. The predicted octanol–water partition coefficient (Wildman–Crippen LogP) is 2.87. The fourth-order valence-electron chi connectivity index (χ4n) is 3.98. The van der Waals surface area contributed by atoms with Crippen LogP contribution in [0.2, 0.25) is 0 Å². The van der Waals surface area contributed by atoms with Gasteiger partial charge in [-0.3, -0.25) is 9.69 Å². The normalized spacial score (nSPS) is 26.8. The Kier molecular flexibility index (Phi) is 7.06. The Morgan fingerprint density at radius 1 is 1.19 bits per heavy atom. The van der Waals surface area contributed by atoms with Gasteiger partial charge in [-0.1, -0.05) is 24.3 Å². The van der Waals surface area contributed by atoms with Gasteiger partial charge in [0.05, 0.1) is 18.3 Å². The quantitative estimate of drug-likeness (QED) is 0.812. The van der Waals surface area contributed by atoms with E-state index in [1.54, 1.807) is 0 Å². The lowest BCUT2D eigenvalue weighted by molar-refractivity contribution is -0.121. The van der Waals surface area contributed by atoms with Gasteiger partial charge >= 0.3 is 0 Å². The number of carbonyl (C=O) groups excluding carboxylic acids is 1. The third-order valence-corrected chi connectivity index (χ3v) is 5.20. The van der Waals surface area contributed by atoms with E-state index in [2.05, 4.69) is 42.3 Å². The lowest BCUT2D eigenvalue weighted by atomic mass is 10.1. The number of amides is 1. The maximum Gasteiger partial charge on any atom is 0.220 e. The second-order valence-corrected chi connectivity index (χ2v) is 7.67. The molecule has 2 heterocycles. The fraction of sp³-hybridized carbons (Fsp3) is 0.667. The number of nitrogens with one attached hydrogen (secondary N) is 1. The van der Waals surface area contributed by atoms with Crippen molar-refractivity contribution < 1.29 is 14.3 Å². The number of nitrogens with zero attached hydrogens (tertiary/aromatic N) is 1. The van der Waals surface area contributed by atoms with Crippen LogP contribution in [-0.4, -0.2) is 48.8 Å². The Balaban J connectivity index is 1.49. The molecule has 0 bridgehead atoms. The number of benzene rings is 1. The summed E-state index contributed by atoms with van der Waals surface area (Å²) < 4.78 is 11.4. The summed E-state index contributed by atoms with van der Waals surface area (Å²) in [5.41, 5.74) is 2.48. The Bertz CT molecular complexity index is 576. The number of hydrogen-bond donors (Lipinski definition) is 1. The summed E-state index contributed by atoms with van der Waals surface area (Å²) in [6.07, 6.45) is 4.40. The summed E-state index contributed by atoms with van der Waals surface area (Å²) in [6, 6.07) is 8.40. The smallest absolute Gasteiger partial charge is 0.220 e. The van der Waals surface area contributed by atoms with Gasteiger partial charge in [-0.2, -0.15) is 0 Å². The van der Waals surface area contributed by atoms with Gasteiger partial charge in [0.1, 0.15) is 0 Å². The highest BCUT2D eigenvalue weighted by atomic mass is 16.5. The molecule has 2 aliphatic heterocycles. The van der Waals surface area contributed by atoms with Crippen LogP contribution in [0, 0.1) is 0 Å². The molecule has 0 spiro atoms. The minimum Gasteiger partial charge on any atom is -0.378 e. The molecular weight excluding hydrogens is 328 g/mol. The maximum atomic E-state index is 12.2. The van der Waals surface area contributed by atoms with Gasteiger partial charge in [0.25, 0.3) is 0 Å². The summed E-state index contributed by atoms with van der Waals surface area (Å²) in [5.74, 6) is 0.115. The largest absolute Gasteiger partial charge is 0.378 e. The lowest BCUT2D eigenvalue weighted by Crippen LogP contribution is -2.45. The number of rotatable bonds is 7. The van der Waals surface area contributed by atoms with Crippen molar-refractivity contribution in [2.24, 2.45) is 0 Å². The summed E-state index contributed by atoms with van der Waals surface area (Å²) in [7, 11) is 0. The molecule has 1 N–H and O–H groups in total. The molecule has 1 aromatic carbocycles. The molecule has 3 unspecified atom stereocenters. The van der Waals surface area contributed by atoms with E-state index in [-0.39, 0.29) is 24.2 Å². The summed E-state index contributed by atoms with van der Waals surface area (Å²) in [5, 5.41) is 3.08. The van der Waals surface area contributed by atoms with E-state index in [9.17, 15) is 4.79 Å². The van der Waals surface area contributed by atoms with Gasteiger partial charge in [-0.25, -0.2) is 0 Å². The first-order valence-corrected chi connectivity index (χ1v) is 9.93. The molecule has 2 saturated heterocycles. The molecule has 0 saturated carbocycles. The topological polar surface area (TPSA) is 50.8 Å². The number of hydrogen-bond acceptors (Lipinski definition) is 4. The van der Waals surface area contributed by atoms with Crippen LogP contribution in [0.15, 0.2) is 24.3 Å². The molecule has 3 rings (SSSR count). The van der Waals surface area contributed by atoms with Crippen LogP contribution in [0.25, 0.3) is 0 Å². The van der Waals surface area contributed by atoms with Crippen molar-refractivity contribution in [3.8, 4) is 0 Å². The molecule has 0 radical (unpaired) electrons. The van der Waals surface area contributed by atoms with Crippen molar-refractivity contribution in [3.05, 3.63) is 35.4 Å². The van der Waals surface area contributed by atoms with E-state index >= 15 is 0 Å². The molecule has 0 aromatic heterocycles. The molecule has 0 aliphatic carbocycles. The molecule has 3 atom stereocenters. The van der Waals surface area contributed by atoms with Gasteiger partial charge in [-0.15, -0.1) is 0 Å². The van der Waals surface area contributed by atoms with Crippen molar-refractivity contribution >= 4 is 5.91 Å². The summed E-state index contributed by atoms with van der Waals surface area (Å²) >= 11 is 0. The third kappa shape index (κ3) is 5.79. The average molecular weight is 360 g/mol. The minimum absolute atomic E-state index is 0.115. The zero-order chi connectivity index (χ0) is 18.4. The Labute approximate surface area is 157 Å². The summed E-state index contributed by atoms with van der Waals surface area (Å²) in [6.45, 7) is 8.50. The van der Waals surface area contributed by atoms with E-state index in [0.717, 1.165) is 45.5 Å². The first kappa shape index (κ1) is 19.3. The number of carbonyl (C=O) groups is 1. The zero-order valence-electron chi connectivity index (χ0n) is 16.1. The third-order valence-electron chi connectivity index (χ3n) is 5.20. The number of ether oxygens (including phenoxy) is 2. The highest BCUT2D eigenvalue weighted by molar-refractivity contribution is 5.75. The van der Waals surface area contributed by atoms with Crippen molar-refractivity contribution in [3.63, 3.8) is 0 Å². The van der Waals surface area contributed by atoms with Crippen LogP contribution in [0.5, 0.6) is 0 Å². The van der Waals surface area contributed by atoms with E-state index in [0.29, 0.717) is 13.0 Å². The van der Waals surface area contributed by atoms with Gasteiger partial charge in [-0.05, 0) is 44.2 Å². The highest BCUT2D eigenvalue weighted by Crippen LogP contribution is 2.18. The van der Waals surface area contributed by atoms with E-state index in [1.807, 2.05) is 6.07 Å². The molecular formula is C21H32N2O3. The minimum atomic E-state index is 0.115. The summed E-state index contributed by atoms with van der Waals surface area (Å²) in [4.78, 5) is 14.6. The van der Waals surface area contributed by atoms with Gasteiger partial charge < -0.3 is 14.8 Å². The lowest BCUT2D eigenvalue weighted by Gasteiger charge is -2.35. The molecule has 5 nitrogen and oxygen atoms in total. The Morgan fingerprint density at radius 2 is 1.92 bits per heavy atom. The van der Waals surface area contributed by atoms with E-state index in [1.165, 1.54) is 11.1 Å². The molecule has 2 aliphatic rings.